The van der Waals surface area contributed by atoms with E-state index < -0.39 is 12.0 Å². The van der Waals surface area contributed by atoms with Crippen molar-refractivity contribution >= 4 is 23.2 Å². The van der Waals surface area contributed by atoms with Crippen LogP contribution in [0.5, 0.6) is 0 Å². The number of carboxylic acids is 1. The Labute approximate surface area is 115 Å². The van der Waals surface area contributed by atoms with Crippen LogP contribution in [0.3, 0.4) is 0 Å². The number of carboxylic acid groups (broad SMARTS) is 1. The molecule has 0 aliphatic heterocycles. The lowest BCUT2D eigenvalue weighted by Gasteiger charge is -2.20. The number of hydrogen-bond acceptors (Lipinski definition) is 3. The summed E-state index contributed by atoms with van der Waals surface area (Å²) in [6, 6.07) is 2.61. The van der Waals surface area contributed by atoms with E-state index >= 15 is 0 Å². The van der Waals surface area contributed by atoms with E-state index in [1.165, 1.54) is 11.3 Å². The molecule has 0 spiro atoms. The quantitative estimate of drug-likeness (QED) is 0.829. The van der Waals surface area contributed by atoms with Gasteiger partial charge in [-0.05, 0) is 36.1 Å². The molecule has 1 aromatic rings. The Morgan fingerprint density at radius 3 is 2.74 bits per heavy atom. The van der Waals surface area contributed by atoms with Gasteiger partial charge in [0.1, 0.15) is 0 Å². The van der Waals surface area contributed by atoms with Crippen molar-refractivity contribution in [3.05, 3.63) is 34.5 Å². The predicted molar refractivity (Wildman–Crippen MR) is 71.7 cm³/mol. The van der Waals surface area contributed by atoms with Gasteiger partial charge in [0, 0.05) is 10.8 Å². The number of nitrogens with one attached hydrogen (secondary N) is 1. The summed E-state index contributed by atoms with van der Waals surface area (Å²) < 4.78 is 0. The zero-order valence-corrected chi connectivity index (χ0v) is 11.1. The van der Waals surface area contributed by atoms with Gasteiger partial charge in [-0.1, -0.05) is 18.2 Å². The number of fused-ring (bicyclic) bond motifs is 2. The monoisotopic (exact) mass is 277 g/mol. The van der Waals surface area contributed by atoms with E-state index in [9.17, 15) is 14.7 Å². The topological polar surface area (TPSA) is 66.4 Å². The van der Waals surface area contributed by atoms with Crippen LogP contribution in [-0.2, 0) is 9.59 Å². The molecule has 0 aromatic carbocycles. The van der Waals surface area contributed by atoms with Gasteiger partial charge in [0.25, 0.3) is 0 Å². The zero-order chi connectivity index (χ0) is 13.4. The van der Waals surface area contributed by atoms with Gasteiger partial charge in [0.2, 0.25) is 5.91 Å². The standard InChI is InChI=1S/C14H15NO3S/c16-13(10-7-8-3-4-9(10)6-8)15-12(14(17)18)11-2-1-5-19-11/h1-5,8-10,12H,6-7H2,(H,15,16)(H,17,18). The summed E-state index contributed by atoms with van der Waals surface area (Å²) in [5, 5.41) is 13.7. The average molecular weight is 277 g/mol. The highest BCUT2D eigenvalue weighted by atomic mass is 32.1. The summed E-state index contributed by atoms with van der Waals surface area (Å²) in [6.45, 7) is 0. The number of carbonyl (C=O) groups excluding carboxylic acids is 1. The van der Waals surface area contributed by atoms with E-state index in [0.29, 0.717) is 16.7 Å². The van der Waals surface area contributed by atoms with Crippen molar-refractivity contribution < 1.29 is 14.7 Å². The smallest absolute Gasteiger partial charge is 0.331 e. The summed E-state index contributed by atoms with van der Waals surface area (Å²) in [7, 11) is 0. The first kappa shape index (κ1) is 12.4. The van der Waals surface area contributed by atoms with Crippen molar-refractivity contribution in [3.63, 3.8) is 0 Å². The van der Waals surface area contributed by atoms with Gasteiger partial charge in [-0.25, -0.2) is 4.79 Å². The molecule has 1 amide bonds. The normalized spacial score (nSPS) is 29.4. The molecule has 0 saturated heterocycles. The minimum atomic E-state index is -1.01. The summed E-state index contributed by atoms with van der Waals surface area (Å²) in [4.78, 5) is 24.2. The molecular weight excluding hydrogens is 262 g/mol. The molecule has 2 aliphatic carbocycles. The van der Waals surface area contributed by atoms with Gasteiger partial charge in [0.05, 0.1) is 0 Å². The molecule has 100 valence electrons. The Hall–Kier alpha value is -1.62. The van der Waals surface area contributed by atoms with Crippen LogP contribution in [0.15, 0.2) is 29.7 Å². The van der Waals surface area contributed by atoms with Gasteiger partial charge in [-0.3, -0.25) is 4.79 Å². The van der Waals surface area contributed by atoms with Gasteiger partial charge < -0.3 is 10.4 Å². The molecule has 4 unspecified atom stereocenters. The van der Waals surface area contributed by atoms with E-state index in [2.05, 4.69) is 17.5 Å². The fourth-order valence-corrected chi connectivity index (χ4v) is 3.81. The lowest BCUT2D eigenvalue weighted by molar-refractivity contribution is -0.142. The van der Waals surface area contributed by atoms with Crippen LogP contribution < -0.4 is 5.32 Å². The number of amides is 1. The maximum absolute atomic E-state index is 12.2. The van der Waals surface area contributed by atoms with E-state index in [1.54, 1.807) is 12.1 Å². The third kappa shape index (κ3) is 2.30. The highest BCUT2D eigenvalue weighted by Crippen LogP contribution is 2.43. The van der Waals surface area contributed by atoms with Gasteiger partial charge >= 0.3 is 5.97 Å². The maximum atomic E-state index is 12.2. The lowest BCUT2D eigenvalue weighted by atomic mass is 9.92. The van der Waals surface area contributed by atoms with Crippen LogP contribution in [0.25, 0.3) is 0 Å². The number of carbonyl (C=O) groups is 2. The fraction of sp³-hybridized carbons (Fsp3) is 0.429. The molecule has 2 aliphatic rings. The van der Waals surface area contributed by atoms with Gasteiger partial charge in [-0.2, -0.15) is 0 Å². The summed E-state index contributed by atoms with van der Waals surface area (Å²) in [5.41, 5.74) is 0. The molecule has 3 rings (SSSR count). The predicted octanol–water partition coefficient (Wildman–Crippen LogP) is 2.20. The van der Waals surface area contributed by atoms with E-state index in [4.69, 9.17) is 0 Å². The first-order chi connectivity index (χ1) is 9.15. The Bertz CT molecular complexity index is 523. The van der Waals surface area contributed by atoms with Gasteiger partial charge in [-0.15, -0.1) is 11.3 Å². The average Bonchev–Trinajstić information content (AvgIpc) is 3.10. The Morgan fingerprint density at radius 2 is 2.21 bits per heavy atom. The number of allylic oxidation sites excluding steroid dienone is 2. The number of hydrogen-bond donors (Lipinski definition) is 2. The molecule has 1 heterocycles. The van der Waals surface area contributed by atoms with Crippen molar-refractivity contribution in [1.82, 2.24) is 5.32 Å². The maximum Gasteiger partial charge on any atom is 0.331 e. The Morgan fingerprint density at radius 1 is 1.37 bits per heavy atom. The zero-order valence-electron chi connectivity index (χ0n) is 10.3. The van der Waals surface area contributed by atoms with Crippen molar-refractivity contribution in [2.75, 3.05) is 0 Å². The highest BCUT2D eigenvalue weighted by Gasteiger charge is 2.40. The third-order valence-electron chi connectivity index (χ3n) is 3.98. The molecule has 5 heteroatoms. The largest absolute Gasteiger partial charge is 0.479 e. The molecule has 1 saturated carbocycles. The van der Waals surface area contributed by atoms with Crippen LogP contribution in [0, 0.1) is 17.8 Å². The molecule has 1 aromatic heterocycles. The first-order valence-electron chi connectivity index (χ1n) is 6.40. The minimum absolute atomic E-state index is 0.0585. The van der Waals surface area contributed by atoms with Crippen LogP contribution >= 0.6 is 11.3 Å². The molecule has 2 N–H and O–H groups in total. The SMILES string of the molecule is O=C(O)C(NC(=O)C1CC2C=CC1C2)c1cccs1. The van der Waals surface area contributed by atoms with Crippen LogP contribution in [0.4, 0.5) is 0 Å². The molecule has 0 radical (unpaired) electrons. The summed E-state index contributed by atoms with van der Waals surface area (Å²) in [5.74, 6) is -0.391. The second-order valence-corrected chi connectivity index (χ2v) is 6.16. The first-order valence-corrected chi connectivity index (χ1v) is 7.28. The van der Waals surface area contributed by atoms with Gasteiger partial charge in [0.15, 0.2) is 6.04 Å². The Kier molecular flexibility index (Phi) is 3.14. The second kappa shape index (κ2) is 4.81. The van der Waals surface area contributed by atoms with E-state index in [1.807, 2.05) is 5.38 Å². The summed E-state index contributed by atoms with van der Waals surface area (Å²) >= 11 is 1.35. The van der Waals surface area contributed by atoms with E-state index in [0.717, 1.165) is 12.8 Å². The number of aliphatic carboxylic acids is 1. The summed E-state index contributed by atoms with van der Waals surface area (Å²) in [6.07, 6.45) is 6.15. The number of rotatable bonds is 4. The van der Waals surface area contributed by atoms with Crippen molar-refractivity contribution in [1.29, 1.82) is 0 Å². The van der Waals surface area contributed by atoms with Crippen LogP contribution in [0.1, 0.15) is 23.8 Å². The fourth-order valence-electron chi connectivity index (χ4n) is 3.04. The molecule has 2 bridgehead atoms. The second-order valence-electron chi connectivity index (χ2n) is 5.18. The van der Waals surface area contributed by atoms with Crippen molar-refractivity contribution in [2.45, 2.75) is 18.9 Å². The Balaban J connectivity index is 1.71. The number of thiophene rings is 1. The molecule has 19 heavy (non-hydrogen) atoms. The minimum Gasteiger partial charge on any atom is -0.479 e. The van der Waals surface area contributed by atoms with Crippen LogP contribution in [-0.4, -0.2) is 17.0 Å². The molecule has 1 fully saturated rings. The lowest BCUT2D eigenvalue weighted by Crippen LogP contribution is -2.38. The third-order valence-corrected chi connectivity index (χ3v) is 4.91. The highest BCUT2D eigenvalue weighted by molar-refractivity contribution is 7.10. The van der Waals surface area contributed by atoms with E-state index in [-0.39, 0.29) is 11.8 Å². The van der Waals surface area contributed by atoms with Crippen molar-refractivity contribution in [3.8, 4) is 0 Å². The molecular formula is C14H15NO3S. The van der Waals surface area contributed by atoms with Crippen LogP contribution in [0.2, 0.25) is 0 Å². The molecule has 4 nitrogen and oxygen atoms in total. The van der Waals surface area contributed by atoms with Crippen molar-refractivity contribution in [2.24, 2.45) is 17.8 Å². The molecule has 4 atom stereocenters.